The third-order valence-corrected chi connectivity index (χ3v) is 4.13. The van der Waals surface area contributed by atoms with Gasteiger partial charge in [0.1, 0.15) is 11.9 Å². The van der Waals surface area contributed by atoms with Crippen molar-refractivity contribution in [3.05, 3.63) is 47.8 Å². The summed E-state index contributed by atoms with van der Waals surface area (Å²) in [5.41, 5.74) is 2.03. The summed E-state index contributed by atoms with van der Waals surface area (Å²) < 4.78 is 11.0. The Balaban J connectivity index is 1.55. The van der Waals surface area contributed by atoms with Gasteiger partial charge in [0, 0.05) is 25.4 Å². The molecule has 0 N–H and O–H groups in total. The second kappa shape index (κ2) is 7.29. The Labute approximate surface area is 141 Å². The molecule has 0 bridgehead atoms. The number of amides is 1. The third kappa shape index (κ3) is 3.82. The van der Waals surface area contributed by atoms with Crippen LogP contribution in [0.1, 0.15) is 17.5 Å². The summed E-state index contributed by atoms with van der Waals surface area (Å²) in [7, 11) is 1.65. The maximum Gasteiger partial charge on any atom is 0.316 e. The summed E-state index contributed by atoms with van der Waals surface area (Å²) in [4.78, 5) is 22.4. The van der Waals surface area contributed by atoms with Gasteiger partial charge in [-0.05, 0) is 30.2 Å². The number of carbonyl (C=O) groups excluding carboxylic acids is 1. The van der Waals surface area contributed by atoms with Gasteiger partial charge in [0.25, 0.3) is 0 Å². The first-order chi connectivity index (χ1) is 11.7. The summed E-state index contributed by atoms with van der Waals surface area (Å²) in [6.45, 7) is 3.25. The molecule has 126 valence electrons. The van der Waals surface area contributed by atoms with Crippen LogP contribution in [0.4, 0.5) is 0 Å². The van der Waals surface area contributed by atoms with Gasteiger partial charge < -0.3 is 14.4 Å². The highest BCUT2D eigenvalue weighted by molar-refractivity contribution is 5.79. The molecule has 1 amide bonds. The van der Waals surface area contributed by atoms with Gasteiger partial charge in [0.2, 0.25) is 5.91 Å². The summed E-state index contributed by atoms with van der Waals surface area (Å²) in [5, 5.41) is 0. The lowest BCUT2D eigenvalue weighted by molar-refractivity contribution is -0.129. The molecular weight excluding hydrogens is 306 g/mol. The van der Waals surface area contributed by atoms with Crippen molar-refractivity contribution < 1.29 is 14.3 Å². The van der Waals surface area contributed by atoms with Gasteiger partial charge >= 0.3 is 6.01 Å². The first kappa shape index (κ1) is 16.2. The van der Waals surface area contributed by atoms with E-state index < -0.39 is 0 Å². The number of methoxy groups -OCH3 is 1. The Morgan fingerprint density at radius 2 is 2.12 bits per heavy atom. The van der Waals surface area contributed by atoms with Crippen molar-refractivity contribution in [3.8, 4) is 11.8 Å². The van der Waals surface area contributed by atoms with Crippen LogP contribution in [0, 0.1) is 6.92 Å². The van der Waals surface area contributed by atoms with Crippen molar-refractivity contribution in [1.29, 1.82) is 0 Å². The molecule has 1 aromatic carbocycles. The fourth-order valence-corrected chi connectivity index (χ4v) is 2.88. The number of aromatic nitrogens is 2. The highest BCUT2D eigenvalue weighted by atomic mass is 16.5. The number of nitrogens with zero attached hydrogens (tertiary/aromatic N) is 3. The van der Waals surface area contributed by atoms with E-state index in [-0.39, 0.29) is 12.0 Å². The number of ether oxygens (including phenoxy) is 2. The van der Waals surface area contributed by atoms with Crippen molar-refractivity contribution >= 4 is 5.91 Å². The summed E-state index contributed by atoms with van der Waals surface area (Å²) in [5.74, 6) is 0.948. The van der Waals surface area contributed by atoms with Crippen molar-refractivity contribution in [2.75, 3.05) is 20.2 Å². The van der Waals surface area contributed by atoms with Crippen LogP contribution in [0.25, 0.3) is 0 Å². The number of benzene rings is 1. The molecular formula is C18H21N3O3. The van der Waals surface area contributed by atoms with E-state index in [2.05, 4.69) is 9.97 Å². The largest absolute Gasteiger partial charge is 0.496 e. The van der Waals surface area contributed by atoms with Crippen molar-refractivity contribution in [3.63, 3.8) is 0 Å². The van der Waals surface area contributed by atoms with Gasteiger partial charge in [-0.15, -0.1) is 0 Å². The maximum atomic E-state index is 12.5. The monoisotopic (exact) mass is 327 g/mol. The van der Waals surface area contributed by atoms with Crippen LogP contribution in [0.3, 0.4) is 0 Å². The molecule has 1 atom stereocenters. The SMILES string of the molecule is COc1ccc(CC(=O)N2CC[C@@H](Oc3ncccn3)C2)cc1C. The zero-order valence-electron chi connectivity index (χ0n) is 13.9. The Hall–Kier alpha value is -2.63. The number of likely N-dealkylation sites (tertiary alicyclic amines) is 1. The molecule has 1 aliphatic heterocycles. The predicted octanol–water partition coefficient (Wildman–Crippen LogP) is 2.02. The smallest absolute Gasteiger partial charge is 0.316 e. The van der Waals surface area contributed by atoms with Crippen molar-refractivity contribution in [1.82, 2.24) is 14.9 Å². The molecule has 1 aliphatic rings. The van der Waals surface area contributed by atoms with E-state index in [0.29, 0.717) is 25.5 Å². The minimum Gasteiger partial charge on any atom is -0.496 e. The fourth-order valence-electron chi connectivity index (χ4n) is 2.88. The van der Waals surface area contributed by atoms with Crippen LogP contribution < -0.4 is 9.47 Å². The number of rotatable bonds is 5. The molecule has 24 heavy (non-hydrogen) atoms. The summed E-state index contributed by atoms with van der Waals surface area (Å²) in [6, 6.07) is 7.95. The molecule has 1 aromatic heterocycles. The molecule has 0 aliphatic carbocycles. The molecule has 2 heterocycles. The number of hydrogen-bond acceptors (Lipinski definition) is 5. The van der Waals surface area contributed by atoms with Crippen LogP contribution in [-0.4, -0.2) is 47.1 Å². The van der Waals surface area contributed by atoms with E-state index in [4.69, 9.17) is 9.47 Å². The lowest BCUT2D eigenvalue weighted by Gasteiger charge is -2.17. The molecule has 6 heteroatoms. The van der Waals surface area contributed by atoms with E-state index in [9.17, 15) is 4.79 Å². The van der Waals surface area contributed by atoms with Gasteiger partial charge in [-0.1, -0.05) is 12.1 Å². The third-order valence-electron chi connectivity index (χ3n) is 4.13. The molecule has 3 rings (SSSR count). The molecule has 2 aromatic rings. The summed E-state index contributed by atoms with van der Waals surface area (Å²) in [6.07, 6.45) is 4.43. The summed E-state index contributed by atoms with van der Waals surface area (Å²) >= 11 is 0. The lowest BCUT2D eigenvalue weighted by atomic mass is 10.1. The minimum atomic E-state index is -0.0473. The van der Waals surface area contributed by atoms with E-state index in [0.717, 1.165) is 23.3 Å². The highest BCUT2D eigenvalue weighted by Gasteiger charge is 2.28. The van der Waals surface area contributed by atoms with Crippen LogP contribution in [0.5, 0.6) is 11.8 Å². The molecule has 1 fully saturated rings. The molecule has 0 saturated carbocycles. The van der Waals surface area contributed by atoms with Gasteiger partial charge in [-0.3, -0.25) is 4.79 Å². The quantitative estimate of drug-likeness (QED) is 0.840. The molecule has 6 nitrogen and oxygen atoms in total. The Bertz CT molecular complexity index is 706. The van der Waals surface area contributed by atoms with E-state index in [1.54, 1.807) is 25.6 Å². The topological polar surface area (TPSA) is 64.5 Å². The number of aryl methyl sites for hydroxylation is 1. The molecule has 0 spiro atoms. The van der Waals surface area contributed by atoms with E-state index in [1.807, 2.05) is 30.0 Å². The van der Waals surface area contributed by atoms with Gasteiger partial charge in [0.15, 0.2) is 0 Å². The van der Waals surface area contributed by atoms with Crippen LogP contribution in [0.15, 0.2) is 36.7 Å². The first-order valence-corrected chi connectivity index (χ1v) is 8.00. The lowest BCUT2D eigenvalue weighted by Crippen LogP contribution is -2.32. The van der Waals surface area contributed by atoms with Crippen molar-refractivity contribution in [2.45, 2.75) is 25.9 Å². The van der Waals surface area contributed by atoms with Gasteiger partial charge in [-0.25, -0.2) is 9.97 Å². The Morgan fingerprint density at radius 3 is 2.83 bits per heavy atom. The fraction of sp³-hybridized carbons (Fsp3) is 0.389. The molecule has 1 saturated heterocycles. The second-order valence-corrected chi connectivity index (χ2v) is 5.88. The predicted molar refractivity (Wildman–Crippen MR) is 89.1 cm³/mol. The molecule has 0 radical (unpaired) electrons. The normalized spacial score (nSPS) is 16.9. The van der Waals surface area contributed by atoms with Gasteiger partial charge in [-0.2, -0.15) is 0 Å². The first-order valence-electron chi connectivity index (χ1n) is 8.00. The average Bonchev–Trinajstić information content (AvgIpc) is 3.04. The Morgan fingerprint density at radius 1 is 1.33 bits per heavy atom. The minimum absolute atomic E-state index is 0.0473. The highest BCUT2D eigenvalue weighted by Crippen LogP contribution is 2.20. The van der Waals surface area contributed by atoms with E-state index in [1.165, 1.54) is 0 Å². The van der Waals surface area contributed by atoms with Crippen LogP contribution in [-0.2, 0) is 11.2 Å². The second-order valence-electron chi connectivity index (χ2n) is 5.88. The zero-order valence-corrected chi connectivity index (χ0v) is 13.9. The number of hydrogen-bond donors (Lipinski definition) is 0. The van der Waals surface area contributed by atoms with Gasteiger partial charge in [0.05, 0.1) is 20.1 Å². The maximum absolute atomic E-state index is 12.5. The molecule has 0 unspecified atom stereocenters. The number of carbonyl (C=O) groups is 1. The van der Waals surface area contributed by atoms with Crippen LogP contribution in [0.2, 0.25) is 0 Å². The van der Waals surface area contributed by atoms with Crippen molar-refractivity contribution in [2.24, 2.45) is 0 Å². The van der Waals surface area contributed by atoms with E-state index >= 15 is 0 Å². The Kier molecular flexibility index (Phi) is 4.93. The standard InChI is InChI=1S/C18H21N3O3/c1-13-10-14(4-5-16(13)23-2)11-17(22)21-9-6-15(12-21)24-18-19-7-3-8-20-18/h3-5,7-8,10,15H,6,9,11-12H2,1-2H3/t15-/m1/s1. The van der Waals surface area contributed by atoms with Crippen LogP contribution >= 0.6 is 0 Å². The zero-order chi connectivity index (χ0) is 16.9. The average molecular weight is 327 g/mol.